The molecule has 0 aliphatic carbocycles. The fraction of sp³-hybridized carbons (Fsp3) is 1.00. The molecule has 2 atom stereocenters. The van der Waals surface area contributed by atoms with Crippen LogP contribution in [0.5, 0.6) is 0 Å². The van der Waals surface area contributed by atoms with Crippen molar-refractivity contribution in [2.45, 2.75) is 38.8 Å². The first-order chi connectivity index (χ1) is 5.98. The summed E-state index contributed by atoms with van der Waals surface area (Å²) in [5, 5.41) is 9.74. The molecule has 1 N–H and O–H groups in total. The van der Waals surface area contributed by atoms with Gasteiger partial charge in [0.15, 0.2) is 0 Å². The highest BCUT2D eigenvalue weighted by atomic mass is 35.5. The first kappa shape index (κ1) is 11.3. The summed E-state index contributed by atoms with van der Waals surface area (Å²) in [6.45, 7) is 8.34. The molecule has 0 aromatic carbocycles. The van der Waals surface area contributed by atoms with Gasteiger partial charge < -0.3 is 5.11 Å². The molecule has 0 bridgehead atoms. The molecule has 0 amide bonds. The number of alkyl halides is 1. The van der Waals surface area contributed by atoms with Gasteiger partial charge in [-0.15, -0.1) is 11.6 Å². The van der Waals surface area contributed by atoms with Gasteiger partial charge in [0.25, 0.3) is 0 Å². The maximum absolute atomic E-state index is 9.74. The number of aliphatic hydroxyl groups excluding tert-OH is 1. The van der Waals surface area contributed by atoms with E-state index >= 15 is 0 Å². The molecule has 1 aliphatic rings. The Morgan fingerprint density at radius 2 is 2.23 bits per heavy atom. The van der Waals surface area contributed by atoms with Gasteiger partial charge in [-0.3, -0.25) is 4.90 Å². The van der Waals surface area contributed by atoms with Crippen LogP contribution in [0.25, 0.3) is 0 Å². The summed E-state index contributed by atoms with van der Waals surface area (Å²) >= 11 is 5.77. The third kappa shape index (κ3) is 2.36. The predicted octanol–water partition coefficient (Wildman–Crippen LogP) is 1.71. The van der Waals surface area contributed by atoms with E-state index in [1.54, 1.807) is 0 Å². The second-order valence-electron chi connectivity index (χ2n) is 4.66. The summed E-state index contributed by atoms with van der Waals surface area (Å²) in [5.74, 6) is 1.20. The molecule has 0 spiro atoms. The van der Waals surface area contributed by atoms with E-state index < -0.39 is 0 Å². The molecule has 1 saturated heterocycles. The number of hydrogen-bond donors (Lipinski definition) is 1. The highest BCUT2D eigenvalue weighted by Gasteiger charge is 2.40. The van der Waals surface area contributed by atoms with E-state index in [0.717, 1.165) is 19.5 Å². The molecule has 78 valence electrons. The number of nitrogens with zero attached hydrogens (tertiary/aromatic N) is 1. The maximum atomic E-state index is 9.74. The third-order valence-corrected chi connectivity index (χ3v) is 3.63. The molecule has 2 unspecified atom stereocenters. The van der Waals surface area contributed by atoms with Crippen LogP contribution in [0.2, 0.25) is 0 Å². The number of halogens is 1. The summed E-state index contributed by atoms with van der Waals surface area (Å²) in [6.07, 6.45) is 0.706. The highest BCUT2D eigenvalue weighted by molar-refractivity contribution is 6.18. The second-order valence-corrected chi connectivity index (χ2v) is 4.97. The van der Waals surface area contributed by atoms with Gasteiger partial charge in [0.05, 0.1) is 6.10 Å². The summed E-state index contributed by atoms with van der Waals surface area (Å²) < 4.78 is 0. The van der Waals surface area contributed by atoms with Gasteiger partial charge in [-0.05, 0) is 26.2 Å². The number of rotatable bonds is 3. The highest BCUT2D eigenvalue weighted by Crippen LogP contribution is 2.29. The van der Waals surface area contributed by atoms with Crippen LogP contribution in [0, 0.1) is 5.92 Å². The quantitative estimate of drug-likeness (QED) is 0.710. The number of hydrogen-bond acceptors (Lipinski definition) is 2. The van der Waals surface area contributed by atoms with Crippen molar-refractivity contribution in [3.63, 3.8) is 0 Å². The molecular weight excluding hydrogens is 186 g/mol. The Hall–Kier alpha value is 0.210. The lowest BCUT2D eigenvalue weighted by Crippen LogP contribution is -2.46. The standard InChI is InChI=1S/C10H20ClNO/c1-8(6-11)7-12-5-4-9(13)10(12,2)3/h8-9,13H,4-7H2,1-3H3. The van der Waals surface area contributed by atoms with Crippen molar-refractivity contribution in [1.82, 2.24) is 4.90 Å². The smallest absolute Gasteiger partial charge is 0.0730 e. The maximum Gasteiger partial charge on any atom is 0.0730 e. The molecule has 0 saturated carbocycles. The molecule has 0 aromatic rings. The van der Waals surface area contributed by atoms with Gasteiger partial charge >= 0.3 is 0 Å². The first-order valence-corrected chi connectivity index (χ1v) is 5.51. The Bertz CT molecular complexity index is 172. The van der Waals surface area contributed by atoms with Crippen LogP contribution in [-0.2, 0) is 0 Å². The molecule has 1 fully saturated rings. The Kier molecular flexibility index (Phi) is 3.61. The third-order valence-electron chi connectivity index (χ3n) is 3.10. The van der Waals surface area contributed by atoms with Crippen LogP contribution in [0.1, 0.15) is 27.2 Å². The topological polar surface area (TPSA) is 23.5 Å². The zero-order valence-electron chi connectivity index (χ0n) is 8.76. The molecule has 13 heavy (non-hydrogen) atoms. The Morgan fingerprint density at radius 1 is 1.62 bits per heavy atom. The van der Waals surface area contributed by atoms with Gasteiger partial charge in [-0.1, -0.05) is 6.92 Å². The Morgan fingerprint density at radius 3 is 2.62 bits per heavy atom. The van der Waals surface area contributed by atoms with E-state index in [0.29, 0.717) is 11.8 Å². The first-order valence-electron chi connectivity index (χ1n) is 4.97. The van der Waals surface area contributed by atoms with Crippen molar-refractivity contribution in [3.8, 4) is 0 Å². The van der Waals surface area contributed by atoms with Crippen molar-refractivity contribution >= 4 is 11.6 Å². The lowest BCUT2D eigenvalue weighted by Gasteiger charge is -2.35. The zero-order valence-corrected chi connectivity index (χ0v) is 9.51. The van der Waals surface area contributed by atoms with Gasteiger partial charge in [0.1, 0.15) is 0 Å². The fourth-order valence-electron chi connectivity index (χ4n) is 1.88. The van der Waals surface area contributed by atoms with Crippen LogP contribution in [0.15, 0.2) is 0 Å². The average molecular weight is 206 g/mol. The molecule has 2 nitrogen and oxygen atoms in total. The molecule has 0 radical (unpaired) electrons. The Labute approximate surface area is 85.9 Å². The molecular formula is C10H20ClNO. The summed E-state index contributed by atoms with van der Waals surface area (Å²) in [5.41, 5.74) is -0.0691. The normalized spacial score (nSPS) is 30.7. The van der Waals surface area contributed by atoms with Gasteiger partial charge in [0.2, 0.25) is 0 Å². The van der Waals surface area contributed by atoms with Crippen LogP contribution in [-0.4, -0.2) is 40.6 Å². The minimum Gasteiger partial charge on any atom is -0.391 e. The second kappa shape index (κ2) is 4.16. The minimum absolute atomic E-state index is 0.0691. The van der Waals surface area contributed by atoms with Crippen molar-refractivity contribution < 1.29 is 5.11 Å². The van der Waals surface area contributed by atoms with Crippen molar-refractivity contribution in [1.29, 1.82) is 0 Å². The largest absolute Gasteiger partial charge is 0.391 e. The number of likely N-dealkylation sites (tertiary alicyclic amines) is 1. The molecule has 0 aromatic heterocycles. The van der Waals surface area contributed by atoms with Crippen LogP contribution >= 0.6 is 11.6 Å². The average Bonchev–Trinajstić information content (AvgIpc) is 2.31. The van der Waals surface area contributed by atoms with E-state index in [4.69, 9.17) is 11.6 Å². The van der Waals surface area contributed by atoms with Crippen molar-refractivity contribution in [3.05, 3.63) is 0 Å². The number of aliphatic hydroxyl groups is 1. The molecule has 3 heteroatoms. The fourth-order valence-corrected chi connectivity index (χ4v) is 1.98. The summed E-state index contributed by atoms with van der Waals surface area (Å²) in [7, 11) is 0. The van der Waals surface area contributed by atoms with E-state index in [1.807, 2.05) is 0 Å². The van der Waals surface area contributed by atoms with E-state index in [9.17, 15) is 5.11 Å². The van der Waals surface area contributed by atoms with Crippen LogP contribution in [0.3, 0.4) is 0 Å². The summed E-state index contributed by atoms with van der Waals surface area (Å²) in [6, 6.07) is 0. The monoisotopic (exact) mass is 205 g/mol. The van der Waals surface area contributed by atoms with E-state index in [2.05, 4.69) is 25.7 Å². The van der Waals surface area contributed by atoms with Gasteiger partial charge in [-0.2, -0.15) is 0 Å². The lowest BCUT2D eigenvalue weighted by molar-refractivity contribution is 0.0491. The molecule has 1 rings (SSSR count). The predicted molar refractivity (Wildman–Crippen MR) is 56.2 cm³/mol. The minimum atomic E-state index is -0.185. The van der Waals surface area contributed by atoms with Crippen LogP contribution < -0.4 is 0 Å². The van der Waals surface area contributed by atoms with Gasteiger partial charge in [0, 0.05) is 24.5 Å². The van der Waals surface area contributed by atoms with Crippen molar-refractivity contribution in [2.24, 2.45) is 5.92 Å². The SMILES string of the molecule is CC(CCl)CN1CCC(O)C1(C)C. The Balaban J connectivity index is 2.52. The zero-order chi connectivity index (χ0) is 10.1. The van der Waals surface area contributed by atoms with E-state index in [-0.39, 0.29) is 11.6 Å². The van der Waals surface area contributed by atoms with Crippen LogP contribution in [0.4, 0.5) is 0 Å². The molecule has 1 aliphatic heterocycles. The lowest BCUT2D eigenvalue weighted by atomic mass is 9.98. The summed E-state index contributed by atoms with van der Waals surface area (Å²) in [4.78, 5) is 2.34. The van der Waals surface area contributed by atoms with Gasteiger partial charge in [-0.25, -0.2) is 0 Å². The van der Waals surface area contributed by atoms with Crippen molar-refractivity contribution in [2.75, 3.05) is 19.0 Å². The molecule has 1 heterocycles. The van der Waals surface area contributed by atoms with E-state index in [1.165, 1.54) is 0 Å².